The van der Waals surface area contributed by atoms with Gasteiger partial charge in [-0.3, -0.25) is 9.36 Å². The summed E-state index contributed by atoms with van der Waals surface area (Å²) in [5, 5.41) is 0. The lowest BCUT2D eigenvalue weighted by molar-refractivity contribution is 0.0597. The lowest BCUT2D eigenvalue weighted by atomic mass is 9.95. The molecule has 2 aromatic heterocycles. The smallest absolute Gasteiger partial charge is 0.255 e. The molecule has 5 nitrogen and oxygen atoms in total. The summed E-state index contributed by atoms with van der Waals surface area (Å²) >= 11 is 0. The molecule has 5 heteroatoms. The van der Waals surface area contributed by atoms with E-state index in [1.165, 1.54) is 5.56 Å². The van der Waals surface area contributed by atoms with E-state index in [2.05, 4.69) is 35.8 Å². The van der Waals surface area contributed by atoms with Gasteiger partial charge in [-0.15, -0.1) is 0 Å². The van der Waals surface area contributed by atoms with Gasteiger partial charge in [0.15, 0.2) is 0 Å². The molecule has 1 fully saturated rings. The Morgan fingerprint density at radius 2 is 1.70 bits per heavy atom. The van der Waals surface area contributed by atoms with Crippen LogP contribution in [0, 0.1) is 27.7 Å². The van der Waals surface area contributed by atoms with Gasteiger partial charge in [0.1, 0.15) is 11.6 Å². The van der Waals surface area contributed by atoms with Crippen LogP contribution in [-0.4, -0.2) is 31.9 Å². The summed E-state index contributed by atoms with van der Waals surface area (Å²) in [4.78, 5) is 25.7. The van der Waals surface area contributed by atoms with Crippen molar-refractivity contribution in [3.63, 3.8) is 0 Å². The average molecular weight is 439 g/mol. The maximum Gasteiger partial charge on any atom is 0.255 e. The first-order chi connectivity index (χ1) is 15.9. The summed E-state index contributed by atoms with van der Waals surface area (Å²) in [5.41, 5.74) is 7.14. The second-order valence-electron chi connectivity index (χ2n) is 9.27. The summed E-state index contributed by atoms with van der Waals surface area (Å²) in [6.45, 7) is 8.93. The Labute approximate surface area is 195 Å². The maximum absolute atomic E-state index is 13.9. The number of piperidine rings is 1. The van der Waals surface area contributed by atoms with Crippen molar-refractivity contribution in [2.75, 3.05) is 6.54 Å². The highest BCUT2D eigenvalue weighted by Gasteiger charge is 2.34. The number of imidazole rings is 1. The number of nitrogens with zero attached hydrogens (tertiary/aromatic N) is 4. The summed E-state index contributed by atoms with van der Waals surface area (Å²) in [5.74, 6) is 1.83. The number of benzene rings is 2. The van der Waals surface area contributed by atoms with E-state index in [0.717, 1.165) is 70.7 Å². The molecule has 1 aliphatic heterocycles. The molecule has 4 aromatic rings. The highest BCUT2D eigenvalue weighted by Crippen LogP contribution is 2.35. The third-order valence-corrected chi connectivity index (χ3v) is 6.66. The van der Waals surface area contributed by atoms with Crippen LogP contribution in [0.1, 0.15) is 63.7 Å². The molecule has 0 radical (unpaired) electrons. The van der Waals surface area contributed by atoms with Gasteiger partial charge in [-0.05, 0) is 81.8 Å². The van der Waals surface area contributed by atoms with Crippen LogP contribution in [0.5, 0.6) is 0 Å². The molecule has 0 saturated carbocycles. The first-order valence-corrected chi connectivity index (χ1v) is 11.7. The van der Waals surface area contributed by atoms with Crippen LogP contribution >= 0.6 is 0 Å². The van der Waals surface area contributed by atoms with Crippen LogP contribution in [0.3, 0.4) is 0 Å². The summed E-state index contributed by atoms with van der Waals surface area (Å²) in [6, 6.07) is 16.4. The number of para-hydroxylation sites is 2. The predicted molar refractivity (Wildman–Crippen MR) is 132 cm³/mol. The first kappa shape index (κ1) is 21.4. The molecule has 1 unspecified atom stereocenters. The Hall–Kier alpha value is -3.47. The molecule has 5 rings (SSSR count). The van der Waals surface area contributed by atoms with Gasteiger partial charge in [0, 0.05) is 18.3 Å². The molecule has 0 spiro atoms. The van der Waals surface area contributed by atoms with Crippen molar-refractivity contribution in [3.8, 4) is 5.82 Å². The van der Waals surface area contributed by atoms with Crippen LogP contribution in [0.15, 0.2) is 54.7 Å². The summed E-state index contributed by atoms with van der Waals surface area (Å²) in [7, 11) is 0. The monoisotopic (exact) mass is 438 g/mol. The normalized spacial score (nSPS) is 16.4. The molecule has 168 valence electrons. The number of carbonyl (C=O) groups is 1. The number of carbonyl (C=O) groups excluding carboxylic acids is 1. The van der Waals surface area contributed by atoms with Crippen LogP contribution in [0.2, 0.25) is 0 Å². The molecular weight excluding hydrogens is 408 g/mol. The Balaban J connectivity index is 1.65. The van der Waals surface area contributed by atoms with Crippen molar-refractivity contribution in [2.45, 2.75) is 53.0 Å². The standard InChI is InChI=1S/C28H30N4O/c1-18-12-13-25(29-17-18)32-23-10-6-5-9-22(23)30-27(32)24-11-7-8-14-31(24)28(33)26-20(3)15-19(2)16-21(26)4/h5-6,9-10,12-13,15-17,24H,7-8,11,14H2,1-4H3. The van der Waals surface area contributed by atoms with E-state index in [-0.39, 0.29) is 11.9 Å². The number of fused-ring (bicyclic) bond motifs is 1. The van der Waals surface area contributed by atoms with E-state index < -0.39 is 0 Å². The number of hydrogen-bond donors (Lipinski definition) is 0. The fraction of sp³-hybridized carbons (Fsp3) is 0.321. The minimum absolute atomic E-state index is 0.0955. The van der Waals surface area contributed by atoms with Gasteiger partial charge in [-0.25, -0.2) is 9.97 Å². The zero-order valence-electron chi connectivity index (χ0n) is 19.8. The Kier molecular flexibility index (Phi) is 5.49. The minimum Gasteiger partial charge on any atom is -0.328 e. The van der Waals surface area contributed by atoms with E-state index in [0.29, 0.717) is 0 Å². The van der Waals surface area contributed by atoms with Crippen molar-refractivity contribution in [1.29, 1.82) is 0 Å². The van der Waals surface area contributed by atoms with E-state index in [4.69, 9.17) is 9.97 Å². The number of amides is 1. The van der Waals surface area contributed by atoms with Crippen molar-refractivity contribution >= 4 is 16.9 Å². The number of hydrogen-bond acceptors (Lipinski definition) is 3. The molecule has 0 bridgehead atoms. The van der Waals surface area contributed by atoms with Gasteiger partial charge < -0.3 is 4.90 Å². The van der Waals surface area contributed by atoms with Gasteiger partial charge in [-0.2, -0.15) is 0 Å². The molecule has 0 N–H and O–H groups in total. The van der Waals surface area contributed by atoms with Crippen molar-refractivity contribution < 1.29 is 4.79 Å². The number of rotatable bonds is 3. The summed E-state index contributed by atoms with van der Waals surface area (Å²) < 4.78 is 2.14. The van der Waals surface area contributed by atoms with E-state index in [1.54, 1.807) is 0 Å². The Morgan fingerprint density at radius 1 is 0.939 bits per heavy atom. The lowest BCUT2D eigenvalue weighted by Crippen LogP contribution is -2.40. The van der Waals surface area contributed by atoms with Gasteiger partial charge >= 0.3 is 0 Å². The largest absolute Gasteiger partial charge is 0.328 e. The van der Waals surface area contributed by atoms with Gasteiger partial charge in [0.2, 0.25) is 0 Å². The molecule has 1 atom stereocenters. The zero-order chi connectivity index (χ0) is 23.1. The van der Waals surface area contributed by atoms with Crippen molar-refractivity contribution in [2.24, 2.45) is 0 Å². The zero-order valence-corrected chi connectivity index (χ0v) is 19.8. The number of likely N-dealkylation sites (tertiary alicyclic amines) is 1. The Morgan fingerprint density at radius 3 is 2.42 bits per heavy atom. The minimum atomic E-state index is -0.0955. The molecule has 3 heterocycles. The molecule has 1 aliphatic rings. The number of pyridine rings is 1. The van der Waals surface area contributed by atoms with Gasteiger partial charge in [0.25, 0.3) is 5.91 Å². The third-order valence-electron chi connectivity index (χ3n) is 6.66. The fourth-order valence-electron chi connectivity index (χ4n) is 5.21. The molecule has 1 amide bonds. The van der Waals surface area contributed by atoms with Gasteiger partial charge in [0.05, 0.1) is 17.1 Å². The van der Waals surface area contributed by atoms with E-state index in [1.807, 2.05) is 56.1 Å². The molecular formula is C28H30N4O. The molecule has 2 aromatic carbocycles. The highest BCUT2D eigenvalue weighted by molar-refractivity contribution is 5.97. The van der Waals surface area contributed by atoms with E-state index in [9.17, 15) is 4.79 Å². The second-order valence-corrected chi connectivity index (χ2v) is 9.27. The lowest BCUT2D eigenvalue weighted by Gasteiger charge is -2.36. The molecule has 0 aliphatic carbocycles. The number of aromatic nitrogens is 3. The number of aryl methyl sites for hydroxylation is 4. The average Bonchev–Trinajstić information content (AvgIpc) is 3.18. The topological polar surface area (TPSA) is 51.0 Å². The predicted octanol–water partition coefficient (Wildman–Crippen LogP) is 6.02. The SMILES string of the molecule is Cc1ccc(-n2c(C3CCCCN3C(=O)c3c(C)cc(C)cc3C)nc3ccccc32)nc1. The van der Waals surface area contributed by atoms with Crippen molar-refractivity contribution in [3.05, 3.63) is 88.4 Å². The molecule has 1 saturated heterocycles. The third kappa shape index (κ3) is 3.82. The van der Waals surface area contributed by atoms with Gasteiger partial charge in [-0.1, -0.05) is 35.9 Å². The van der Waals surface area contributed by atoms with Crippen LogP contribution in [-0.2, 0) is 0 Å². The van der Waals surface area contributed by atoms with Crippen molar-refractivity contribution in [1.82, 2.24) is 19.4 Å². The first-order valence-electron chi connectivity index (χ1n) is 11.7. The Bertz CT molecular complexity index is 1310. The second kappa shape index (κ2) is 8.47. The molecule has 33 heavy (non-hydrogen) atoms. The van der Waals surface area contributed by atoms with Crippen LogP contribution < -0.4 is 0 Å². The summed E-state index contributed by atoms with van der Waals surface area (Å²) in [6.07, 6.45) is 4.86. The highest BCUT2D eigenvalue weighted by atomic mass is 16.2. The quantitative estimate of drug-likeness (QED) is 0.393. The maximum atomic E-state index is 13.9. The van der Waals surface area contributed by atoms with E-state index >= 15 is 0 Å². The van der Waals surface area contributed by atoms with Crippen LogP contribution in [0.4, 0.5) is 0 Å². The fourth-order valence-corrected chi connectivity index (χ4v) is 5.21. The van der Waals surface area contributed by atoms with Crippen LogP contribution in [0.25, 0.3) is 16.9 Å².